The van der Waals surface area contributed by atoms with E-state index in [4.69, 9.17) is 0 Å². The Labute approximate surface area is 97.0 Å². The Morgan fingerprint density at radius 1 is 0.833 bits per heavy atom. The number of hydrogen-bond acceptors (Lipinski definition) is 0. The average molecular weight is 203 g/mol. The molecule has 0 saturated heterocycles. The van der Waals surface area contributed by atoms with Crippen molar-refractivity contribution < 1.29 is 21.7 Å². The van der Waals surface area contributed by atoms with E-state index in [0.717, 1.165) is 6.42 Å². The summed E-state index contributed by atoms with van der Waals surface area (Å²) >= 11 is 0. The Morgan fingerprint density at radius 2 is 1.25 bits per heavy atom. The summed E-state index contributed by atoms with van der Waals surface area (Å²) in [6.07, 6.45) is 10.0. The molecule has 0 fully saturated rings. The quantitative estimate of drug-likeness (QED) is 0.412. The molecular weight excluding hydrogens is 180 g/mol. The van der Waals surface area contributed by atoms with Crippen LogP contribution in [0.25, 0.3) is 0 Å². The van der Waals surface area contributed by atoms with Crippen molar-refractivity contribution in [2.75, 3.05) is 0 Å². The van der Waals surface area contributed by atoms with E-state index in [0.29, 0.717) is 0 Å². The van der Waals surface area contributed by atoms with Crippen LogP contribution in [0.2, 0.25) is 0 Å². The molecule has 0 saturated carbocycles. The summed E-state index contributed by atoms with van der Waals surface area (Å²) in [5, 5.41) is 0. The fourth-order valence-electron chi connectivity index (χ4n) is 0.340. The topological polar surface area (TPSA) is 0 Å². The molecule has 0 radical (unpaired) electrons. The van der Waals surface area contributed by atoms with Gasteiger partial charge < -0.3 is 44.6 Å². The van der Waals surface area contributed by atoms with Crippen molar-refractivity contribution in [3.63, 3.8) is 0 Å². The first-order valence-electron chi connectivity index (χ1n) is 1.72. The Bertz CT molecular complexity index is 63.1. The van der Waals surface area contributed by atoms with Crippen LogP contribution in [0.1, 0.15) is 6.42 Å². The molecule has 0 aliphatic heterocycles. The fraction of sp³-hybridized carbons (Fsp3) is 0.0909. The van der Waals surface area contributed by atoms with E-state index in [1.54, 1.807) is 0 Å². The summed E-state index contributed by atoms with van der Waals surface area (Å²) in [4.78, 5) is 0. The summed E-state index contributed by atoms with van der Waals surface area (Å²) < 4.78 is 0. The van der Waals surface area contributed by atoms with Crippen LogP contribution in [0.5, 0.6) is 0 Å². The van der Waals surface area contributed by atoms with Gasteiger partial charge in [-0.2, -0.15) is 6.08 Å². The van der Waals surface area contributed by atoms with Gasteiger partial charge in [0.05, 0.1) is 0 Å². The largest absolute Gasteiger partial charge is 0.358 e. The number of hydrogen-bond donors (Lipinski definition) is 0. The molecule has 0 nitrogen and oxygen atoms in total. The summed E-state index contributed by atoms with van der Waals surface area (Å²) in [5.74, 6) is 0. The Balaban J connectivity index is -0.00000000714. The molecule has 1 rings (SSSR count). The van der Waals surface area contributed by atoms with Crippen LogP contribution in [0.3, 0.4) is 0 Å². The zero-order valence-electron chi connectivity index (χ0n) is 9.44. The van der Waals surface area contributed by atoms with E-state index < -0.39 is 0 Å². The molecule has 1 aliphatic carbocycles. The van der Waals surface area contributed by atoms with E-state index >= 15 is 0 Å². The molecule has 0 atom stereocenters. The maximum atomic E-state index is 2.99. The third-order valence-electron chi connectivity index (χ3n) is 0.586. The van der Waals surface area contributed by atoms with Crippen LogP contribution < -0.4 is 0 Å². The van der Waals surface area contributed by atoms with Crippen molar-refractivity contribution >= 4 is 0 Å². The minimum Gasteiger partial charge on any atom is -0.358 e. The molecule has 1 aliphatic rings. The molecule has 0 bridgehead atoms. The van der Waals surface area contributed by atoms with Gasteiger partial charge in [0, 0.05) is 21.7 Å². The monoisotopic (exact) mass is 203 g/mol. The van der Waals surface area contributed by atoms with Gasteiger partial charge in [0.15, 0.2) is 0 Å². The first kappa shape index (κ1) is 56.6. The summed E-state index contributed by atoms with van der Waals surface area (Å²) in [6.45, 7) is 0. The van der Waals surface area contributed by atoms with Gasteiger partial charge in [-0.15, -0.1) is 6.42 Å². The fourth-order valence-corrected chi connectivity index (χ4v) is 0.340. The van der Waals surface area contributed by atoms with E-state index in [-0.39, 0.29) is 66.3 Å². The average Bonchev–Trinajstić information content (AvgIpc) is 1.76. The molecule has 0 spiro atoms. The van der Waals surface area contributed by atoms with Gasteiger partial charge in [-0.05, 0) is 0 Å². The second-order valence-electron chi connectivity index (χ2n) is 1.00. The second kappa shape index (κ2) is 43.1. The molecule has 0 heterocycles. The van der Waals surface area contributed by atoms with Crippen LogP contribution in [0, 0.1) is 50.6 Å². The second-order valence-corrected chi connectivity index (χ2v) is 1.00. The summed E-state index contributed by atoms with van der Waals surface area (Å²) in [5.41, 5.74) is 0. The molecule has 1 heteroatoms. The standard InChI is InChI=1S/C5H5.6CH3.Ti/c1-2-4-5-3-1;;;;;;;/h1-3H,4H2;6*1H3;/q7*-1;. The number of allylic oxidation sites excluding steroid dienone is 4. The maximum absolute atomic E-state index is 2.99. The molecule has 0 aromatic heterocycles. The third-order valence-corrected chi connectivity index (χ3v) is 0.586. The van der Waals surface area contributed by atoms with Crippen molar-refractivity contribution in [1.82, 2.24) is 0 Å². The van der Waals surface area contributed by atoms with Gasteiger partial charge in [-0.3, -0.25) is 6.08 Å². The van der Waals surface area contributed by atoms with Crippen molar-refractivity contribution in [2.45, 2.75) is 6.42 Å². The smallest absolute Gasteiger partial charge is 0 e. The maximum Gasteiger partial charge on any atom is 0 e. The van der Waals surface area contributed by atoms with Crippen molar-refractivity contribution in [2.24, 2.45) is 0 Å². The SMILES string of the molecule is [C-]1=CC=CC1.[CH3-].[CH3-].[CH3-].[CH3-].[CH3-].[CH3-].[Ti]. The summed E-state index contributed by atoms with van der Waals surface area (Å²) in [7, 11) is 0. The molecular formula is C11H23Ti-7. The zero-order chi connectivity index (χ0) is 3.54. The molecule has 0 aromatic carbocycles. The Kier molecular flexibility index (Phi) is 204. The van der Waals surface area contributed by atoms with Gasteiger partial charge in [-0.25, -0.2) is 12.2 Å². The van der Waals surface area contributed by atoms with Crippen LogP contribution in [0.15, 0.2) is 18.2 Å². The molecule has 0 amide bonds. The van der Waals surface area contributed by atoms with Gasteiger partial charge >= 0.3 is 0 Å². The molecule has 78 valence electrons. The normalized spacial score (nSPS) is 7.33. The van der Waals surface area contributed by atoms with E-state index in [9.17, 15) is 0 Å². The van der Waals surface area contributed by atoms with E-state index in [1.807, 2.05) is 12.2 Å². The van der Waals surface area contributed by atoms with E-state index in [1.165, 1.54) is 0 Å². The summed E-state index contributed by atoms with van der Waals surface area (Å²) in [6, 6.07) is 0. The van der Waals surface area contributed by atoms with Gasteiger partial charge in [0.25, 0.3) is 0 Å². The van der Waals surface area contributed by atoms with Crippen LogP contribution >= 0.6 is 0 Å². The predicted octanol–water partition coefficient (Wildman–Crippen LogP) is 4.00. The molecule has 0 N–H and O–H groups in total. The molecule has 12 heavy (non-hydrogen) atoms. The van der Waals surface area contributed by atoms with Crippen LogP contribution in [-0.2, 0) is 21.7 Å². The van der Waals surface area contributed by atoms with Crippen molar-refractivity contribution in [3.8, 4) is 0 Å². The third kappa shape index (κ3) is 31.9. The van der Waals surface area contributed by atoms with Crippen molar-refractivity contribution in [3.05, 3.63) is 68.9 Å². The van der Waals surface area contributed by atoms with Crippen molar-refractivity contribution in [1.29, 1.82) is 0 Å². The van der Waals surface area contributed by atoms with Gasteiger partial charge in [0.2, 0.25) is 0 Å². The zero-order valence-corrected chi connectivity index (χ0v) is 11.0. The minimum absolute atomic E-state index is 0. The molecule has 0 unspecified atom stereocenters. The Hall–Kier alpha value is 0.194. The number of rotatable bonds is 0. The van der Waals surface area contributed by atoms with Crippen LogP contribution in [-0.4, -0.2) is 0 Å². The van der Waals surface area contributed by atoms with E-state index in [2.05, 4.69) is 12.2 Å². The first-order valence-corrected chi connectivity index (χ1v) is 1.72. The first-order chi connectivity index (χ1) is 2.50. The minimum atomic E-state index is 0. The Morgan fingerprint density at radius 3 is 1.33 bits per heavy atom. The van der Waals surface area contributed by atoms with Gasteiger partial charge in [0.1, 0.15) is 0 Å². The van der Waals surface area contributed by atoms with Crippen LogP contribution in [0.4, 0.5) is 0 Å². The molecule has 0 aromatic rings. The van der Waals surface area contributed by atoms with Gasteiger partial charge in [-0.1, -0.05) is 0 Å². The predicted molar refractivity (Wildman–Crippen MR) is 60.1 cm³/mol.